The van der Waals surface area contributed by atoms with Crippen LogP contribution in [-0.2, 0) is 14.3 Å². The lowest BCUT2D eigenvalue weighted by Gasteiger charge is -2.11. The van der Waals surface area contributed by atoms with Crippen LogP contribution in [0.4, 0.5) is 0 Å². The van der Waals surface area contributed by atoms with Gasteiger partial charge in [0.2, 0.25) is 5.91 Å². The van der Waals surface area contributed by atoms with Crippen molar-refractivity contribution < 1.29 is 19.4 Å². The number of nitrogens with one attached hydrogen (secondary N) is 1. The van der Waals surface area contributed by atoms with Crippen molar-refractivity contribution in [2.75, 3.05) is 19.8 Å². The summed E-state index contributed by atoms with van der Waals surface area (Å²) < 4.78 is 5.24. The van der Waals surface area contributed by atoms with E-state index in [-0.39, 0.29) is 24.7 Å². The van der Waals surface area contributed by atoms with Crippen molar-refractivity contribution in [2.45, 2.75) is 32.6 Å². The van der Waals surface area contributed by atoms with E-state index in [4.69, 9.17) is 9.84 Å². The van der Waals surface area contributed by atoms with Gasteiger partial charge in [-0.2, -0.15) is 0 Å². The highest BCUT2D eigenvalue weighted by molar-refractivity contribution is 5.77. The molecule has 2 unspecified atom stereocenters. The molecule has 0 bridgehead atoms. The first-order chi connectivity index (χ1) is 8.08. The molecule has 1 aliphatic heterocycles. The Morgan fingerprint density at radius 2 is 2.24 bits per heavy atom. The molecule has 0 saturated carbocycles. The Morgan fingerprint density at radius 1 is 1.47 bits per heavy atom. The summed E-state index contributed by atoms with van der Waals surface area (Å²) in [7, 11) is 0. The molecule has 1 amide bonds. The van der Waals surface area contributed by atoms with Crippen molar-refractivity contribution in [3.8, 4) is 0 Å². The van der Waals surface area contributed by atoms with Crippen LogP contribution in [0.1, 0.15) is 32.6 Å². The third kappa shape index (κ3) is 6.26. The van der Waals surface area contributed by atoms with Gasteiger partial charge < -0.3 is 15.2 Å². The zero-order valence-electron chi connectivity index (χ0n) is 10.3. The topological polar surface area (TPSA) is 75.6 Å². The summed E-state index contributed by atoms with van der Waals surface area (Å²) in [4.78, 5) is 21.9. The molecule has 5 nitrogen and oxygen atoms in total. The van der Waals surface area contributed by atoms with Gasteiger partial charge in [-0.3, -0.25) is 9.59 Å². The predicted octanol–water partition coefficient (Wildman–Crippen LogP) is 1.03. The van der Waals surface area contributed by atoms with Crippen LogP contribution in [-0.4, -0.2) is 36.7 Å². The Bertz CT molecular complexity index is 261. The predicted molar refractivity (Wildman–Crippen MR) is 62.6 cm³/mol. The number of carbonyl (C=O) groups excluding carboxylic acids is 1. The number of carboxylic acid groups (broad SMARTS) is 1. The number of hydrogen-bond acceptors (Lipinski definition) is 3. The average molecular weight is 243 g/mol. The molecule has 0 spiro atoms. The van der Waals surface area contributed by atoms with Gasteiger partial charge in [-0.1, -0.05) is 6.92 Å². The fourth-order valence-corrected chi connectivity index (χ4v) is 1.99. The molecule has 0 aliphatic carbocycles. The van der Waals surface area contributed by atoms with Crippen molar-refractivity contribution in [3.05, 3.63) is 0 Å². The number of rotatable bonds is 7. The number of carbonyl (C=O) groups is 2. The number of amides is 1. The smallest absolute Gasteiger partial charge is 0.303 e. The zero-order valence-corrected chi connectivity index (χ0v) is 10.3. The summed E-state index contributed by atoms with van der Waals surface area (Å²) in [5, 5.41) is 11.4. The molecular weight excluding hydrogens is 222 g/mol. The molecule has 2 N–H and O–H groups in total. The van der Waals surface area contributed by atoms with E-state index in [0.717, 1.165) is 26.1 Å². The van der Waals surface area contributed by atoms with E-state index in [0.29, 0.717) is 12.5 Å². The third-order valence-electron chi connectivity index (χ3n) is 2.96. The number of aliphatic carboxylic acids is 1. The molecule has 5 heteroatoms. The van der Waals surface area contributed by atoms with E-state index in [1.807, 2.05) is 0 Å². The Kier molecular flexibility index (Phi) is 5.97. The molecule has 0 aromatic rings. The minimum absolute atomic E-state index is 0.0455. The first-order valence-corrected chi connectivity index (χ1v) is 6.14. The lowest BCUT2D eigenvalue weighted by Crippen LogP contribution is -2.27. The summed E-state index contributed by atoms with van der Waals surface area (Å²) in [5.74, 6) is -0.458. The summed E-state index contributed by atoms with van der Waals surface area (Å²) in [5.41, 5.74) is 0. The van der Waals surface area contributed by atoms with Crippen molar-refractivity contribution in [2.24, 2.45) is 11.8 Å². The first kappa shape index (κ1) is 14.0. The van der Waals surface area contributed by atoms with Crippen molar-refractivity contribution in [1.29, 1.82) is 0 Å². The van der Waals surface area contributed by atoms with Gasteiger partial charge in [-0.25, -0.2) is 0 Å². The average Bonchev–Trinajstić information content (AvgIpc) is 2.68. The maximum Gasteiger partial charge on any atom is 0.303 e. The molecular formula is C12H21NO4. The normalized spacial score (nSPS) is 21.1. The van der Waals surface area contributed by atoms with Gasteiger partial charge >= 0.3 is 5.97 Å². The summed E-state index contributed by atoms with van der Waals surface area (Å²) in [6.45, 7) is 4.06. The van der Waals surface area contributed by atoms with E-state index in [1.54, 1.807) is 6.92 Å². The fraction of sp³-hybridized carbons (Fsp3) is 0.833. The summed E-state index contributed by atoms with van der Waals surface area (Å²) >= 11 is 0. The van der Waals surface area contributed by atoms with Crippen LogP contribution in [0.2, 0.25) is 0 Å². The summed E-state index contributed by atoms with van der Waals surface area (Å²) in [6, 6.07) is 0. The van der Waals surface area contributed by atoms with Crippen LogP contribution in [0.3, 0.4) is 0 Å². The van der Waals surface area contributed by atoms with Gasteiger partial charge in [-0.05, 0) is 24.7 Å². The van der Waals surface area contributed by atoms with Gasteiger partial charge in [0.1, 0.15) is 0 Å². The quantitative estimate of drug-likeness (QED) is 0.700. The maximum atomic E-state index is 11.5. The largest absolute Gasteiger partial charge is 0.481 e. The first-order valence-electron chi connectivity index (χ1n) is 6.14. The van der Waals surface area contributed by atoms with Crippen LogP contribution >= 0.6 is 0 Å². The Labute approximate surface area is 102 Å². The van der Waals surface area contributed by atoms with E-state index in [1.165, 1.54) is 0 Å². The van der Waals surface area contributed by atoms with Gasteiger partial charge in [0.25, 0.3) is 0 Å². The third-order valence-corrected chi connectivity index (χ3v) is 2.96. The van der Waals surface area contributed by atoms with E-state index >= 15 is 0 Å². The van der Waals surface area contributed by atoms with Crippen molar-refractivity contribution in [3.63, 3.8) is 0 Å². The molecule has 1 aliphatic rings. The molecule has 17 heavy (non-hydrogen) atoms. The number of ether oxygens (including phenoxy) is 1. The molecule has 1 fully saturated rings. The van der Waals surface area contributed by atoms with E-state index in [9.17, 15) is 9.59 Å². The van der Waals surface area contributed by atoms with Gasteiger partial charge in [-0.15, -0.1) is 0 Å². The molecule has 1 heterocycles. The minimum Gasteiger partial charge on any atom is -0.481 e. The number of carboxylic acids is 1. The van der Waals surface area contributed by atoms with Crippen molar-refractivity contribution >= 4 is 11.9 Å². The monoisotopic (exact) mass is 243 g/mol. The van der Waals surface area contributed by atoms with Gasteiger partial charge in [0, 0.05) is 32.6 Å². The molecule has 0 radical (unpaired) electrons. The summed E-state index contributed by atoms with van der Waals surface area (Å²) in [6.07, 6.45) is 2.35. The minimum atomic E-state index is -0.853. The maximum absolute atomic E-state index is 11.5. The molecule has 1 rings (SSSR count). The second-order valence-corrected chi connectivity index (χ2v) is 4.78. The molecule has 2 atom stereocenters. The molecule has 98 valence electrons. The fourth-order valence-electron chi connectivity index (χ4n) is 1.99. The molecule has 1 saturated heterocycles. The Morgan fingerprint density at radius 3 is 2.82 bits per heavy atom. The highest BCUT2D eigenvalue weighted by Crippen LogP contribution is 2.15. The van der Waals surface area contributed by atoms with Crippen LogP contribution in [0, 0.1) is 11.8 Å². The highest BCUT2D eigenvalue weighted by Gasteiger charge is 2.16. The lowest BCUT2D eigenvalue weighted by molar-refractivity contribution is -0.138. The molecule has 0 aromatic carbocycles. The van der Waals surface area contributed by atoms with Gasteiger partial charge in [0.05, 0.1) is 0 Å². The number of hydrogen-bond donors (Lipinski definition) is 2. The van der Waals surface area contributed by atoms with Crippen LogP contribution in [0.5, 0.6) is 0 Å². The lowest BCUT2D eigenvalue weighted by atomic mass is 10.0. The van der Waals surface area contributed by atoms with Crippen molar-refractivity contribution in [1.82, 2.24) is 5.32 Å². The van der Waals surface area contributed by atoms with Crippen LogP contribution < -0.4 is 5.32 Å². The molecule has 0 aromatic heterocycles. The Hall–Kier alpha value is -1.10. The van der Waals surface area contributed by atoms with Crippen LogP contribution in [0.15, 0.2) is 0 Å². The standard InChI is InChI=1S/C12H21NO4/c1-9(7-12(15)16)6-11(14)13-4-2-10-3-5-17-8-10/h9-10H,2-8H2,1H3,(H,13,14)(H,15,16). The van der Waals surface area contributed by atoms with E-state index in [2.05, 4.69) is 5.32 Å². The second kappa shape index (κ2) is 7.27. The SMILES string of the molecule is CC(CC(=O)O)CC(=O)NCCC1CCOC1. The Balaban J connectivity index is 2.05. The zero-order chi connectivity index (χ0) is 12.7. The van der Waals surface area contributed by atoms with Gasteiger partial charge in [0.15, 0.2) is 0 Å². The van der Waals surface area contributed by atoms with E-state index < -0.39 is 5.97 Å². The highest BCUT2D eigenvalue weighted by atomic mass is 16.5. The second-order valence-electron chi connectivity index (χ2n) is 4.78. The van der Waals surface area contributed by atoms with Crippen LogP contribution in [0.25, 0.3) is 0 Å².